The number of nitro benzene ring substituents is 1. The van der Waals surface area contributed by atoms with E-state index in [1.807, 2.05) is 24.3 Å². The number of fused-ring (bicyclic) bond motifs is 1. The van der Waals surface area contributed by atoms with E-state index in [1.54, 1.807) is 12.1 Å². The first-order valence-electron chi connectivity index (χ1n) is 6.55. The molecule has 0 spiro atoms. The van der Waals surface area contributed by atoms with E-state index >= 15 is 0 Å². The topological polar surface area (TPSA) is 81.5 Å². The Morgan fingerprint density at radius 2 is 2.00 bits per heavy atom. The Hall–Kier alpha value is -3.15. The summed E-state index contributed by atoms with van der Waals surface area (Å²) in [6.07, 6.45) is 1.63. The van der Waals surface area contributed by atoms with Crippen LogP contribution >= 0.6 is 0 Å². The largest absolute Gasteiger partial charge is 0.490 e. The Kier molecular flexibility index (Phi) is 3.34. The lowest BCUT2D eigenvalue weighted by atomic mass is 10.0. The molecule has 3 rings (SSSR count). The number of hydrogen-bond donors (Lipinski definition) is 1. The Bertz CT molecular complexity index is 812. The summed E-state index contributed by atoms with van der Waals surface area (Å²) in [7, 11) is 1.38. The molecule has 0 aromatic heterocycles. The molecule has 0 bridgehead atoms. The first-order chi connectivity index (χ1) is 10.6. The van der Waals surface area contributed by atoms with Gasteiger partial charge in [-0.2, -0.15) is 0 Å². The summed E-state index contributed by atoms with van der Waals surface area (Å²) in [6, 6.07) is 11.9. The number of para-hydroxylation sites is 1. The number of anilines is 1. The summed E-state index contributed by atoms with van der Waals surface area (Å²) in [5.74, 6) is -0.0388. The van der Waals surface area contributed by atoms with Crippen molar-refractivity contribution in [2.45, 2.75) is 0 Å². The van der Waals surface area contributed by atoms with E-state index in [1.165, 1.54) is 19.2 Å². The second kappa shape index (κ2) is 5.33. The van der Waals surface area contributed by atoms with E-state index in [2.05, 4.69) is 5.32 Å². The lowest BCUT2D eigenvalue weighted by Crippen LogP contribution is -2.03. The second-order valence-electron chi connectivity index (χ2n) is 4.75. The normalized spacial score (nSPS) is 14.6. The van der Waals surface area contributed by atoms with Gasteiger partial charge in [0.15, 0.2) is 5.75 Å². The molecule has 1 amide bonds. The SMILES string of the molecule is COc1ccc(/C=C2/C(=O)Nc3ccccc32)cc1[N+](=O)[O-]. The standard InChI is InChI=1S/C16H12N2O4/c1-22-15-7-6-10(9-14(15)18(20)21)8-12-11-4-2-3-5-13(11)17-16(12)19/h2-9H,1H3,(H,17,19)/b12-8+. The van der Waals surface area contributed by atoms with Crippen molar-refractivity contribution in [3.05, 3.63) is 63.7 Å². The minimum atomic E-state index is -0.510. The van der Waals surface area contributed by atoms with Crippen LogP contribution in [0.1, 0.15) is 11.1 Å². The van der Waals surface area contributed by atoms with Crippen LogP contribution in [0, 0.1) is 10.1 Å². The zero-order valence-electron chi connectivity index (χ0n) is 11.7. The molecule has 1 N–H and O–H groups in total. The summed E-state index contributed by atoms with van der Waals surface area (Å²) in [4.78, 5) is 22.6. The average molecular weight is 296 g/mol. The lowest BCUT2D eigenvalue weighted by Gasteiger charge is -2.03. The average Bonchev–Trinajstić information content (AvgIpc) is 2.83. The number of nitrogens with one attached hydrogen (secondary N) is 1. The summed E-state index contributed by atoms with van der Waals surface area (Å²) in [5.41, 5.74) is 2.43. The zero-order valence-corrected chi connectivity index (χ0v) is 11.7. The van der Waals surface area contributed by atoms with Gasteiger partial charge in [-0.25, -0.2) is 0 Å². The van der Waals surface area contributed by atoms with Crippen LogP contribution < -0.4 is 10.1 Å². The Labute approximate surface area is 126 Å². The highest BCUT2D eigenvalue weighted by atomic mass is 16.6. The molecule has 110 valence electrons. The van der Waals surface area contributed by atoms with Crippen molar-refractivity contribution in [1.82, 2.24) is 0 Å². The predicted molar refractivity (Wildman–Crippen MR) is 82.6 cm³/mol. The summed E-state index contributed by atoms with van der Waals surface area (Å²) in [5, 5.41) is 13.8. The van der Waals surface area contributed by atoms with Crippen molar-refractivity contribution in [2.24, 2.45) is 0 Å². The molecule has 22 heavy (non-hydrogen) atoms. The highest BCUT2D eigenvalue weighted by Crippen LogP contribution is 2.34. The van der Waals surface area contributed by atoms with Gasteiger partial charge in [0.25, 0.3) is 5.91 Å². The first-order valence-corrected chi connectivity index (χ1v) is 6.55. The Balaban J connectivity index is 2.08. The van der Waals surface area contributed by atoms with Crippen molar-refractivity contribution in [3.63, 3.8) is 0 Å². The molecule has 0 fully saturated rings. The van der Waals surface area contributed by atoms with E-state index < -0.39 is 4.92 Å². The van der Waals surface area contributed by atoms with E-state index in [0.717, 1.165) is 11.3 Å². The van der Waals surface area contributed by atoms with Crippen LogP contribution in [0.25, 0.3) is 11.6 Å². The van der Waals surface area contributed by atoms with Gasteiger partial charge in [0.1, 0.15) is 0 Å². The van der Waals surface area contributed by atoms with Crippen molar-refractivity contribution in [1.29, 1.82) is 0 Å². The molecule has 1 aliphatic heterocycles. The molecular weight excluding hydrogens is 284 g/mol. The summed E-state index contributed by atoms with van der Waals surface area (Å²) in [6.45, 7) is 0. The second-order valence-corrected chi connectivity index (χ2v) is 4.75. The maximum atomic E-state index is 12.0. The maximum absolute atomic E-state index is 12.0. The highest BCUT2D eigenvalue weighted by Gasteiger charge is 2.24. The predicted octanol–water partition coefficient (Wildman–Crippen LogP) is 3.10. The molecule has 1 heterocycles. The molecule has 0 radical (unpaired) electrons. The van der Waals surface area contributed by atoms with Crippen LogP contribution in [0.5, 0.6) is 5.75 Å². The molecule has 0 saturated heterocycles. The number of carbonyl (C=O) groups is 1. The molecule has 0 aliphatic carbocycles. The number of nitro groups is 1. The molecule has 1 aliphatic rings. The van der Waals surface area contributed by atoms with E-state index in [4.69, 9.17) is 4.74 Å². The molecular formula is C16H12N2O4. The number of carbonyl (C=O) groups excluding carboxylic acids is 1. The van der Waals surface area contributed by atoms with Gasteiger partial charge in [-0.05, 0) is 23.8 Å². The number of nitrogens with zero attached hydrogens (tertiary/aromatic N) is 1. The number of hydrogen-bond acceptors (Lipinski definition) is 4. The van der Waals surface area contributed by atoms with Gasteiger partial charge in [0.2, 0.25) is 0 Å². The highest BCUT2D eigenvalue weighted by molar-refractivity contribution is 6.34. The van der Waals surface area contributed by atoms with Gasteiger partial charge in [-0.1, -0.05) is 24.3 Å². The fraction of sp³-hybridized carbons (Fsp3) is 0.0625. The van der Waals surface area contributed by atoms with Crippen LogP contribution in [0.3, 0.4) is 0 Å². The van der Waals surface area contributed by atoms with Crippen molar-refractivity contribution < 1.29 is 14.5 Å². The molecule has 2 aromatic rings. The third-order valence-electron chi connectivity index (χ3n) is 3.42. The van der Waals surface area contributed by atoms with Crippen LogP contribution in [-0.2, 0) is 4.79 Å². The van der Waals surface area contributed by atoms with Gasteiger partial charge >= 0.3 is 5.69 Å². The van der Waals surface area contributed by atoms with Gasteiger partial charge in [-0.15, -0.1) is 0 Å². The number of benzene rings is 2. The molecule has 0 unspecified atom stereocenters. The zero-order chi connectivity index (χ0) is 15.7. The molecule has 6 nitrogen and oxygen atoms in total. The monoisotopic (exact) mass is 296 g/mol. The van der Waals surface area contributed by atoms with Crippen LogP contribution in [-0.4, -0.2) is 17.9 Å². The van der Waals surface area contributed by atoms with Gasteiger partial charge < -0.3 is 10.1 Å². The third-order valence-corrected chi connectivity index (χ3v) is 3.42. The summed E-state index contributed by atoms with van der Waals surface area (Å²) >= 11 is 0. The smallest absolute Gasteiger partial charge is 0.311 e. The minimum absolute atomic E-state index is 0.136. The molecule has 2 aromatic carbocycles. The van der Waals surface area contributed by atoms with Crippen molar-refractivity contribution in [2.75, 3.05) is 12.4 Å². The van der Waals surface area contributed by atoms with Crippen molar-refractivity contribution >= 4 is 28.9 Å². The van der Waals surface area contributed by atoms with Crippen LogP contribution in [0.4, 0.5) is 11.4 Å². The van der Waals surface area contributed by atoms with Gasteiger partial charge in [-0.3, -0.25) is 14.9 Å². The molecule has 0 atom stereocenters. The fourth-order valence-electron chi connectivity index (χ4n) is 2.39. The quantitative estimate of drug-likeness (QED) is 0.536. The Morgan fingerprint density at radius 1 is 1.23 bits per heavy atom. The third kappa shape index (κ3) is 2.31. The van der Waals surface area contributed by atoms with Crippen LogP contribution in [0.2, 0.25) is 0 Å². The van der Waals surface area contributed by atoms with E-state index in [9.17, 15) is 14.9 Å². The maximum Gasteiger partial charge on any atom is 0.311 e. The van der Waals surface area contributed by atoms with Crippen molar-refractivity contribution in [3.8, 4) is 5.75 Å². The van der Waals surface area contributed by atoms with E-state index in [-0.39, 0.29) is 17.3 Å². The fourth-order valence-corrected chi connectivity index (χ4v) is 2.39. The lowest BCUT2D eigenvalue weighted by molar-refractivity contribution is -0.385. The van der Waals surface area contributed by atoms with Gasteiger partial charge in [0, 0.05) is 22.9 Å². The van der Waals surface area contributed by atoms with Crippen LogP contribution in [0.15, 0.2) is 42.5 Å². The number of methoxy groups -OCH3 is 1. The van der Waals surface area contributed by atoms with Gasteiger partial charge in [0.05, 0.1) is 12.0 Å². The molecule has 6 heteroatoms. The number of ether oxygens (including phenoxy) is 1. The molecule has 0 saturated carbocycles. The van der Waals surface area contributed by atoms with E-state index in [0.29, 0.717) is 11.1 Å². The minimum Gasteiger partial charge on any atom is -0.490 e. The number of amides is 1. The first kappa shape index (κ1) is 13.8. The summed E-state index contributed by atoms with van der Waals surface area (Å²) < 4.78 is 4.97. The Morgan fingerprint density at radius 3 is 2.73 bits per heavy atom. The number of rotatable bonds is 3.